The minimum atomic E-state index is -0.859. The molecule has 3 heteroatoms. The van der Waals surface area contributed by atoms with Gasteiger partial charge in [-0.3, -0.25) is 0 Å². The van der Waals surface area contributed by atoms with Gasteiger partial charge in [-0.2, -0.15) is 0 Å². The molecule has 0 spiro atoms. The molecule has 2 aromatic rings. The summed E-state index contributed by atoms with van der Waals surface area (Å²) in [6.45, 7) is 17.1. The van der Waals surface area contributed by atoms with Crippen LogP contribution in [0.3, 0.4) is 0 Å². The third kappa shape index (κ3) is 3.26. The van der Waals surface area contributed by atoms with Crippen molar-refractivity contribution in [2.75, 3.05) is 4.90 Å². The first-order valence-corrected chi connectivity index (χ1v) is 8.41. The van der Waals surface area contributed by atoms with Crippen LogP contribution in [0.4, 0.5) is 5.69 Å². The van der Waals surface area contributed by atoms with Crippen LogP contribution in [0.25, 0.3) is 10.8 Å². The van der Waals surface area contributed by atoms with Gasteiger partial charge in [-0.15, -0.1) is 0 Å². The van der Waals surface area contributed by atoms with Crippen molar-refractivity contribution in [3.63, 3.8) is 0 Å². The Morgan fingerprint density at radius 3 is 1.96 bits per heavy atom. The molecule has 0 aliphatic carbocycles. The van der Waals surface area contributed by atoms with E-state index in [1.165, 1.54) is 0 Å². The first-order valence-electron chi connectivity index (χ1n) is 8.41. The van der Waals surface area contributed by atoms with E-state index in [1.807, 2.05) is 19.9 Å². The van der Waals surface area contributed by atoms with Crippen LogP contribution in [-0.2, 0) is 0 Å². The molecule has 0 aliphatic rings. The predicted molar refractivity (Wildman–Crippen MR) is 102 cm³/mol. The molecule has 0 unspecified atom stereocenters. The van der Waals surface area contributed by atoms with Gasteiger partial charge in [0.15, 0.2) is 0 Å². The zero-order valence-corrected chi connectivity index (χ0v) is 16.1. The second-order valence-electron chi connectivity index (χ2n) is 8.58. The number of benzene rings is 2. The van der Waals surface area contributed by atoms with Crippen LogP contribution in [0.5, 0.6) is 0 Å². The van der Waals surface area contributed by atoms with Crippen molar-refractivity contribution in [2.24, 2.45) is 0 Å². The van der Waals surface area contributed by atoms with Crippen molar-refractivity contribution in [1.29, 1.82) is 0 Å². The fourth-order valence-electron chi connectivity index (χ4n) is 4.00. The summed E-state index contributed by atoms with van der Waals surface area (Å²) in [7, 11) is 0. The molecular formula is C21H29NO2. The van der Waals surface area contributed by atoms with Gasteiger partial charge in [0.25, 0.3) is 0 Å². The SMILES string of the molecule is Cc1cc2cc(N(C(C)(C)C)C(C)(C)C)ccc2c(C)c1C(=O)O. The van der Waals surface area contributed by atoms with Crippen LogP contribution in [0, 0.1) is 13.8 Å². The quantitative estimate of drug-likeness (QED) is 0.785. The molecule has 0 atom stereocenters. The van der Waals surface area contributed by atoms with Crippen molar-refractivity contribution in [3.05, 3.63) is 41.0 Å². The zero-order valence-electron chi connectivity index (χ0n) is 16.1. The van der Waals surface area contributed by atoms with E-state index in [0.717, 1.165) is 27.6 Å². The van der Waals surface area contributed by atoms with Gasteiger partial charge in [-0.1, -0.05) is 12.1 Å². The lowest BCUT2D eigenvalue weighted by Crippen LogP contribution is -2.53. The lowest BCUT2D eigenvalue weighted by atomic mass is 9.92. The molecule has 0 radical (unpaired) electrons. The van der Waals surface area contributed by atoms with Gasteiger partial charge in [0.05, 0.1) is 5.56 Å². The number of nitrogens with zero attached hydrogens (tertiary/aromatic N) is 1. The van der Waals surface area contributed by atoms with Crippen LogP contribution >= 0.6 is 0 Å². The third-order valence-corrected chi connectivity index (χ3v) is 4.39. The minimum Gasteiger partial charge on any atom is -0.478 e. The van der Waals surface area contributed by atoms with Gasteiger partial charge in [0.1, 0.15) is 0 Å². The average Bonchev–Trinajstić information content (AvgIpc) is 2.33. The maximum atomic E-state index is 11.5. The van der Waals surface area contributed by atoms with Crippen LogP contribution in [0.1, 0.15) is 63.0 Å². The number of fused-ring (bicyclic) bond motifs is 1. The number of aromatic carboxylic acids is 1. The van der Waals surface area contributed by atoms with Crippen LogP contribution in [0.15, 0.2) is 24.3 Å². The predicted octanol–water partition coefficient (Wildman–Crippen LogP) is 5.56. The van der Waals surface area contributed by atoms with E-state index in [1.54, 1.807) is 0 Å². The van der Waals surface area contributed by atoms with Crippen molar-refractivity contribution in [1.82, 2.24) is 0 Å². The smallest absolute Gasteiger partial charge is 0.336 e. The highest BCUT2D eigenvalue weighted by molar-refractivity contribution is 6.00. The molecule has 0 amide bonds. The summed E-state index contributed by atoms with van der Waals surface area (Å²) >= 11 is 0. The van der Waals surface area contributed by atoms with Gasteiger partial charge < -0.3 is 10.0 Å². The Labute approximate surface area is 145 Å². The topological polar surface area (TPSA) is 40.5 Å². The Bertz CT molecular complexity index is 778. The summed E-state index contributed by atoms with van der Waals surface area (Å²) in [4.78, 5) is 13.9. The summed E-state index contributed by atoms with van der Waals surface area (Å²) in [5.41, 5.74) is 3.18. The third-order valence-electron chi connectivity index (χ3n) is 4.39. The molecular weight excluding hydrogens is 298 g/mol. The number of hydrogen-bond acceptors (Lipinski definition) is 2. The van der Waals surface area contributed by atoms with E-state index >= 15 is 0 Å². The molecule has 0 bridgehead atoms. The van der Waals surface area contributed by atoms with Crippen LogP contribution in [-0.4, -0.2) is 22.2 Å². The molecule has 3 nitrogen and oxygen atoms in total. The second kappa shape index (κ2) is 5.80. The maximum Gasteiger partial charge on any atom is 0.336 e. The van der Waals surface area contributed by atoms with Crippen LogP contribution in [0.2, 0.25) is 0 Å². The van der Waals surface area contributed by atoms with Gasteiger partial charge in [0.2, 0.25) is 0 Å². The van der Waals surface area contributed by atoms with E-state index in [-0.39, 0.29) is 11.1 Å². The Kier molecular flexibility index (Phi) is 4.43. The molecule has 1 N–H and O–H groups in total. The molecule has 24 heavy (non-hydrogen) atoms. The lowest BCUT2D eigenvalue weighted by Gasteiger charge is -2.47. The fourth-order valence-corrected chi connectivity index (χ4v) is 4.00. The molecule has 130 valence electrons. The molecule has 0 aliphatic heterocycles. The van der Waals surface area contributed by atoms with Gasteiger partial charge >= 0.3 is 5.97 Å². The molecule has 0 saturated heterocycles. The number of rotatable bonds is 2. The second-order valence-corrected chi connectivity index (χ2v) is 8.58. The Morgan fingerprint density at radius 1 is 0.958 bits per heavy atom. The molecule has 0 saturated carbocycles. The summed E-state index contributed by atoms with van der Waals surface area (Å²) < 4.78 is 0. The number of anilines is 1. The highest BCUT2D eigenvalue weighted by Gasteiger charge is 2.31. The van der Waals surface area contributed by atoms with E-state index in [0.29, 0.717) is 5.56 Å². The zero-order chi connectivity index (χ0) is 18.4. The summed E-state index contributed by atoms with van der Waals surface area (Å²) in [6, 6.07) is 8.32. The summed E-state index contributed by atoms with van der Waals surface area (Å²) in [5, 5.41) is 11.5. The maximum absolute atomic E-state index is 11.5. The lowest BCUT2D eigenvalue weighted by molar-refractivity contribution is 0.0695. The number of carboxylic acids is 1. The molecule has 0 fully saturated rings. The van der Waals surface area contributed by atoms with E-state index < -0.39 is 5.97 Å². The summed E-state index contributed by atoms with van der Waals surface area (Å²) in [6.07, 6.45) is 0. The number of aryl methyl sites for hydroxylation is 2. The minimum absolute atomic E-state index is 0.0168. The van der Waals surface area contributed by atoms with Gasteiger partial charge in [0, 0.05) is 16.8 Å². The van der Waals surface area contributed by atoms with Crippen molar-refractivity contribution < 1.29 is 9.90 Å². The number of carboxylic acid groups (broad SMARTS) is 1. The molecule has 2 rings (SSSR count). The van der Waals surface area contributed by atoms with E-state index in [4.69, 9.17) is 0 Å². The largest absolute Gasteiger partial charge is 0.478 e. The first-order chi connectivity index (χ1) is 10.8. The molecule has 0 aromatic heterocycles. The van der Waals surface area contributed by atoms with Crippen LogP contribution < -0.4 is 4.90 Å². The standard InChI is InChI=1S/C21H29NO2/c1-13-11-15-12-16(22(20(3,4)5)21(6,7)8)9-10-17(15)14(2)18(13)19(23)24/h9-12H,1-8H3,(H,23,24). The average molecular weight is 327 g/mol. The van der Waals surface area contributed by atoms with Crippen molar-refractivity contribution in [3.8, 4) is 0 Å². The fraction of sp³-hybridized carbons (Fsp3) is 0.476. The molecule has 2 aromatic carbocycles. The first kappa shape index (κ1) is 18.3. The van der Waals surface area contributed by atoms with E-state index in [9.17, 15) is 9.90 Å². The van der Waals surface area contributed by atoms with Crippen molar-refractivity contribution in [2.45, 2.75) is 66.5 Å². The van der Waals surface area contributed by atoms with Gasteiger partial charge in [-0.05, 0) is 89.4 Å². The normalized spacial score (nSPS) is 12.5. The van der Waals surface area contributed by atoms with E-state index in [2.05, 4.69) is 64.6 Å². The summed E-state index contributed by atoms with van der Waals surface area (Å²) in [5.74, 6) is -0.859. The Hall–Kier alpha value is -2.03. The highest BCUT2D eigenvalue weighted by Crippen LogP contribution is 2.35. The number of hydrogen-bond donors (Lipinski definition) is 1. The monoisotopic (exact) mass is 327 g/mol. The Balaban J connectivity index is 2.72. The highest BCUT2D eigenvalue weighted by atomic mass is 16.4. The number of carbonyl (C=O) groups is 1. The van der Waals surface area contributed by atoms with Gasteiger partial charge in [-0.25, -0.2) is 4.79 Å². The molecule has 0 heterocycles. The Morgan fingerprint density at radius 2 is 1.50 bits per heavy atom. The van der Waals surface area contributed by atoms with Crippen molar-refractivity contribution >= 4 is 22.4 Å².